The minimum absolute atomic E-state index is 0.00462. The number of methoxy groups -OCH3 is 1. The van der Waals surface area contributed by atoms with Crippen molar-refractivity contribution in [2.75, 3.05) is 7.11 Å². The molecule has 2 rings (SSSR count). The summed E-state index contributed by atoms with van der Waals surface area (Å²) in [7, 11) is 1.33. The monoisotopic (exact) mass is 325 g/mol. The zero-order valence-corrected chi connectivity index (χ0v) is 14.3. The lowest BCUT2D eigenvalue weighted by molar-refractivity contribution is -0.144. The molecule has 0 aliphatic carbocycles. The third-order valence-corrected chi connectivity index (χ3v) is 4.21. The summed E-state index contributed by atoms with van der Waals surface area (Å²) in [5, 5.41) is 2.78. The first-order valence-electron chi connectivity index (χ1n) is 8.11. The van der Waals surface area contributed by atoms with Crippen LogP contribution in [0.1, 0.15) is 30.6 Å². The summed E-state index contributed by atoms with van der Waals surface area (Å²) in [6.45, 7) is 3.89. The van der Waals surface area contributed by atoms with Crippen LogP contribution in [-0.2, 0) is 9.53 Å². The summed E-state index contributed by atoms with van der Waals surface area (Å²) >= 11 is 0. The van der Waals surface area contributed by atoms with E-state index in [2.05, 4.69) is 5.32 Å². The molecular formula is C20H23NO3. The highest BCUT2D eigenvalue weighted by Crippen LogP contribution is 2.19. The van der Waals surface area contributed by atoms with Gasteiger partial charge in [-0.3, -0.25) is 4.79 Å². The van der Waals surface area contributed by atoms with Crippen LogP contribution in [-0.4, -0.2) is 25.0 Å². The van der Waals surface area contributed by atoms with Crippen molar-refractivity contribution in [1.29, 1.82) is 0 Å². The number of nitrogens with one attached hydrogen (secondary N) is 1. The standard InChI is InChI=1S/C20H23NO3/c1-4-14(2)18(20(23)24-3)21-19(22)17-12-10-16(11-13-17)15-8-6-5-7-9-15/h5-14,18H,4H2,1-3H3,(H,21,22)/t14-,18+/m0/s1. The summed E-state index contributed by atoms with van der Waals surface area (Å²) in [6.07, 6.45) is 0.771. The van der Waals surface area contributed by atoms with Crippen molar-refractivity contribution in [1.82, 2.24) is 5.32 Å². The van der Waals surface area contributed by atoms with E-state index in [4.69, 9.17) is 4.74 Å². The predicted molar refractivity (Wildman–Crippen MR) is 94.6 cm³/mol. The molecule has 0 fully saturated rings. The molecule has 2 atom stereocenters. The molecule has 0 radical (unpaired) electrons. The average molecular weight is 325 g/mol. The van der Waals surface area contributed by atoms with Gasteiger partial charge in [-0.25, -0.2) is 4.79 Å². The Hall–Kier alpha value is -2.62. The number of ether oxygens (including phenoxy) is 1. The predicted octanol–water partition coefficient (Wildman–Crippen LogP) is 3.67. The molecule has 0 aliphatic heterocycles. The lowest BCUT2D eigenvalue weighted by Gasteiger charge is -2.21. The number of hydrogen-bond acceptors (Lipinski definition) is 3. The van der Waals surface area contributed by atoms with Gasteiger partial charge in [-0.05, 0) is 29.2 Å². The Bertz CT molecular complexity index is 680. The van der Waals surface area contributed by atoms with Gasteiger partial charge in [0.25, 0.3) is 5.91 Å². The highest BCUT2D eigenvalue weighted by atomic mass is 16.5. The molecule has 4 nitrogen and oxygen atoms in total. The van der Waals surface area contributed by atoms with Crippen LogP contribution >= 0.6 is 0 Å². The number of carbonyl (C=O) groups excluding carboxylic acids is 2. The lowest BCUT2D eigenvalue weighted by Crippen LogP contribution is -2.45. The molecule has 0 bridgehead atoms. The molecule has 4 heteroatoms. The van der Waals surface area contributed by atoms with Crippen LogP contribution in [0, 0.1) is 5.92 Å². The number of amides is 1. The van der Waals surface area contributed by atoms with Crippen LogP contribution in [0.15, 0.2) is 54.6 Å². The maximum Gasteiger partial charge on any atom is 0.328 e. The van der Waals surface area contributed by atoms with Crippen molar-refractivity contribution < 1.29 is 14.3 Å². The van der Waals surface area contributed by atoms with E-state index in [1.807, 2.05) is 56.3 Å². The zero-order chi connectivity index (χ0) is 17.5. The highest BCUT2D eigenvalue weighted by Gasteiger charge is 2.26. The second kappa shape index (κ2) is 8.29. The Morgan fingerprint density at radius 2 is 1.58 bits per heavy atom. The maximum atomic E-state index is 12.4. The largest absolute Gasteiger partial charge is 0.467 e. The number of carbonyl (C=O) groups is 2. The van der Waals surface area contributed by atoms with Crippen molar-refractivity contribution in [3.63, 3.8) is 0 Å². The Labute approximate surface area is 142 Å². The molecule has 0 saturated heterocycles. The van der Waals surface area contributed by atoms with Crippen LogP contribution < -0.4 is 5.32 Å². The SMILES string of the molecule is CC[C@H](C)[C@@H](NC(=O)c1ccc(-c2ccccc2)cc1)C(=O)OC. The molecule has 2 aromatic rings. The highest BCUT2D eigenvalue weighted by molar-refractivity contribution is 5.97. The minimum atomic E-state index is -0.638. The molecule has 0 unspecified atom stereocenters. The van der Waals surface area contributed by atoms with Gasteiger partial charge in [0.05, 0.1) is 7.11 Å². The second-order valence-electron chi connectivity index (χ2n) is 5.80. The number of rotatable bonds is 6. The Balaban J connectivity index is 2.13. The van der Waals surface area contributed by atoms with Crippen molar-refractivity contribution in [2.45, 2.75) is 26.3 Å². The first-order valence-corrected chi connectivity index (χ1v) is 8.11. The third kappa shape index (κ3) is 4.22. The fourth-order valence-electron chi connectivity index (χ4n) is 2.47. The summed E-state index contributed by atoms with van der Waals surface area (Å²) in [5.41, 5.74) is 2.65. The molecule has 0 aliphatic rings. The first kappa shape index (κ1) is 17.7. The Kier molecular flexibility index (Phi) is 6.13. The number of hydrogen-bond donors (Lipinski definition) is 1. The van der Waals surface area contributed by atoms with E-state index in [1.54, 1.807) is 12.1 Å². The van der Waals surface area contributed by atoms with Gasteiger partial charge in [-0.2, -0.15) is 0 Å². The zero-order valence-electron chi connectivity index (χ0n) is 14.3. The van der Waals surface area contributed by atoms with E-state index in [-0.39, 0.29) is 11.8 Å². The van der Waals surface area contributed by atoms with Gasteiger partial charge >= 0.3 is 5.97 Å². The average Bonchev–Trinajstić information content (AvgIpc) is 2.65. The Morgan fingerprint density at radius 1 is 1.00 bits per heavy atom. The second-order valence-corrected chi connectivity index (χ2v) is 5.80. The van der Waals surface area contributed by atoms with Crippen LogP contribution in [0.2, 0.25) is 0 Å². The van der Waals surface area contributed by atoms with Gasteiger partial charge in [-0.15, -0.1) is 0 Å². The Morgan fingerprint density at radius 3 is 2.12 bits per heavy atom. The number of benzene rings is 2. The van der Waals surface area contributed by atoms with Gasteiger partial charge in [0, 0.05) is 5.56 Å². The smallest absolute Gasteiger partial charge is 0.328 e. The fourth-order valence-corrected chi connectivity index (χ4v) is 2.47. The summed E-state index contributed by atoms with van der Waals surface area (Å²) in [4.78, 5) is 24.3. The summed E-state index contributed by atoms with van der Waals surface area (Å²) in [5.74, 6) is -0.686. The summed E-state index contributed by atoms with van der Waals surface area (Å²) in [6, 6.07) is 16.7. The van der Waals surface area contributed by atoms with E-state index >= 15 is 0 Å². The van der Waals surface area contributed by atoms with Crippen molar-refractivity contribution in [2.24, 2.45) is 5.92 Å². The molecule has 2 aromatic carbocycles. The molecular weight excluding hydrogens is 302 g/mol. The van der Waals surface area contributed by atoms with Crippen molar-refractivity contribution >= 4 is 11.9 Å². The van der Waals surface area contributed by atoms with Crippen LogP contribution in [0.25, 0.3) is 11.1 Å². The maximum absolute atomic E-state index is 12.4. The molecule has 1 N–H and O–H groups in total. The lowest BCUT2D eigenvalue weighted by atomic mass is 9.98. The fraction of sp³-hybridized carbons (Fsp3) is 0.300. The topological polar surface area (TPSA) is 55.4 Å². The third-order valence-electron chi connectivity index (χ3n) is 4.21. The van der Waals surface area contributed by atoms with E-state index in [1.165, 1.54) is 7.11 Å². The van der Waals surface area contributed by atoms with Gasteiger partial charge in [0.2, 0.25) is 0 Å². The van der Waals surface area contributed by atoms with E-state index in [0.29, 0.717) is 5.56 Å². The molecule has 0 heterocycles. The van der Waals surface area contributed by atoms with Gasteiger partial charge in [-0.1, -0.05) is 62.7 Å². The molecule has 0 spiro atoms. The summed E-state index contributed by atoms with van der Waals surface area (Å²) < 4.78 is 4.80. The molecule has 24 heavy (non-hydrogen) atoms. The van der Waals surface area contributed by atoms with E-state index in [0.717, 1.165) is 17.5 Å². The normalized spacial score (nSPS) is 13.0. The van der Waals surface area contributed by atoms with Crippen molar-refractivity contribution in [3.05, 3.63) is 60.2 Å². The quantitative estimate of drug-likeness (QED) is 0.825. The number of esters is 1. The van der Waals surface area contributed by atoms with Gasteiger partial charge in [0.1, 0.15) is 6.04 Å². The first-order chi connectivity index (χ1) is 11.6. The van der Waals surface area contributed by atoms with Crippen LogP contribution in [0.3, 0.4) is 0 Å². The van der Waals surface area contributed by atoms with E-state index in [9.17, 15) is 9.59 Å². The van der Waals surface area contributed by atoms with Gasteiger partial charge in [0.15, 0.2) is 0 Å². The molecule has 0 saturated carbocycles. The van der Waals surface area contributed by atoms with Crippen LogP contribution in [0.4, 0.5) is 0 Å². The molecule has 126 valence electrons. The minimum Gasteiger partial charge on any atom is -0.467 e. The van der Waals surface area contributed by atoms with Gasteiger partial charge < -0.3 is 10.1 Å². The van der Waals surface area contributed by atoms with Crippen LogP contribution in [0.5, 0.6) is 0 Å². The van der Waals surface area contributed by atoms with Crippen molar-refractivity contribution in [3.8, 4) is 11.1 Å². The molecule has 1 amide bonds. The molecule has 0 aromatic heterocycles. The van der Waals surface area contributed by atoms with E-state index < -0.39 is 12.0 Å².